The van der Waals surface area contributed by atoms with Crippen molar-refractivity contribution in [2.24, 2.45) is 0 Å². The third kappa shape index (κ3) is 3.16. The van der Waals surface area contributed by atoms with E-state index < -0.39 is 16.6 Å². The van der Waals surface area contributed by atoms with E-state index in [0.29, 0.717) is 22.4 Å². The van der Waals surface area contributed by atoms with Gasteiger partial charge in [0.1, 0.15) is 11.5 Å². The lowest BCUT2D eigenvalue weighted by molar-refractivity contribution is -0.384. The lowest BCUT2D eigenvalue weighted by Crippen LogP contribution is -1.94. The fourth-order valence-electron chi connectivity index (χ4n) is 2.84. The quantitative estimate of drug-likeness (QED) is 0.330. The van der Waals surface area contributed by atoms with E-state index in [4.69, 9.17) is 9.26 Å². The molecule has 0 atom stereocenters. The molecule has 0 saturated carbocycles. The van der Waals surface area contributed by atoms with Gasteiger partial charge in [0, 0.05) is 29.1 Å². The van der Waals surface area contributed by atoms with Gasteiger partial charge in [-0.3, -0.25) is 10.1 Å². The van der Waals surface area contributed by atoms with Crippen molar-refractivity contribution in [3.8, 4) is 22.6 Å². The molecule has 6 nitrogen and oxygen atoms in total. The number of aromatic nitrogens is 1. The van der Waals surface area contributed by atoms with Crippen LogP contribution in [0.15, 0.2) is 59.1 Å². The maximum absolute atomic E-state index is 13.5. The number of ether oxygens (including phenoxy) is 1. The molecule has 0 radical (unpaired) electrons. The number of halogens is 2. The smallest absolute Gasteiger partial charge is 0.270 e. The summed E-state index contributed by atoms with van der Waals surface area (Å²) >= 11 is 0. The number of nitrogens with zero attached hydrogens (tertiary/aromatic N) is 2. The van der Waals surface area contributed by atoms with Gasteiger partial charge in [0.05, 0.1) is 10.6 Å². The summed E-state index contributed by atoms with van der Waals surface area (Å²) in [6, 6.07) is 12.4. The van der Waals surface area contributed by atoms with Crippen LogP contribution in [0.25, 0.3) is 22.1 Å². The summed E-state index contributed by atoms with van der Waals surface area (Å²) in [5, 5.41) is 15.9. The molecule has 1 heterocycles. The Morgan fingerprint density at radius 3 is 2.61 bits per heavy atom. The van der Waals surface area contributed by atoms with Gasteiger partial charge in [-0.1, -0.05) is 11.2 Å². The van der Waals surface area contributed by atoms with Gasteiger partial charge in [0.2, 0.25) is 0 Å². The zero-order chi connectivity index (χ0) is 19.8. The van der Waals surface area contributed by atoms with E-state index in [2.05, 4.69) is 5.16 Å². The molecular weight excluding hydrogens is 370 g/mol. The molecule has 0 aliphatic rings. The Balaban J connectivity index is 1.84. The van der Waals surface area contributed by atoms with Gasteiger partial charge in [0.25, 0.3) is 5.69 Å². The second kappa shape index (κ2) is 6.73. The Kier molecular flexibility index (Phi) is 4.23. The largest absolute Gasteiger partial charge is 0.457 e. The molecule has 0 N–H and O–H groups in total. The van der Waals surface area contributed by atoms with Gasteiger partial charge in [-0.2, -0.15) is 0 Å². The molecule has 0 aliphatic heterocycles. The van der Waals surface area contributed by atoms with Crippen molar-refractivity contribution >= 4 is 16.7 Å². The van der Waals surface area contributed by atoms with Crippen LogP contribution in [0.1, 0.15) is 5.69 Å². The Labute approximate surface area is 157 Å². The number of non-ortho nitro benzene ring substituents is 1. The summed E-state index contributed by atoms with van der Waals surface area (Å²) < 4.78 is 37.5. The second-order valence-corrected chi connectivity index (χ2v) is 6.09. The topological polar surface area (TPSA) is 78.4 Å². The number of fused-ring (bicyclic) bond motifs is 1. The van der Waals surface area contributed by atoms with E-state index >= 15 is 0 Å². The highest BCUT2D eigenvalue weighted by Crippen LogP contribution is 2.38. The number of hydrogen-bond donors (Lipinski definition) is 0. The van der Waals surface area contributed by atoms with Crippen molar-refractivity contribution in [1.82, 2.24) is 5.16 Å². The van der Waals surface area contributed by atoms with Crippen LogP contribution in [0, 0.1) is 28.7 Å². The van der Waals surface area contributed by atoms with E-state index in [1.807, 2.05) is 0 Å². The number of nitro benzene ring substituents is 1. The number of nitro groups is 1. The molecule has 0 amide bonds. The number of aryl methyl sites for hydroxylation is 1. The van der Waals surface area contributed by atoms with Gasteiger partial charge >= 0.3 is 0 Å². The summed E-state index contributed by atoms with van der Waals surface area (Å²) in [5.74, 6) is -1.73. The predicted molar refractivity (Wildman–Crippen MR) is 97.3 cm³/mol. The third-order valence-corrected chi connectivity index (χ3v) is 4.25. The standard InChI is InChI=1S/C20H12F2N2O4/c1-11-15-8-12(2-6-20(15)28-23-11)16-9-13(24(25)26)3-7-19(16)27-14-4-5-17(21)18(22)10-14/h2-10H,1H3. The third-order valence-electron chi connectivity index (χ3n) is 4.25. The van der Waals surface area contributed by atoms with E-state index in [9.17, 15) is 18.9 Å². The molecule has 3 aromatic carbocycles. The highest BCUT2D eigenvalue weighted by atomic mass is 19.2. The average Bonchev–Trinajstić information content (AvgIpc) is 3.05. The lowest BCUT2D eigenvalue weighted by Gasteiger charge is -2.12. The Hall–Kier alpha value is -3.81. The van der Waals surface area contributed by atoms with Crippen molar-refractivity contribution in [3.05, 3.63) is 82.0 Å². The summed E-state index contributed by atoms with van der Waals surface area (Å²) in [5.41, 5.74) is 2.16. The van der Waals surface area contributed by atoms with Crippen LogP contribution in [0.3, 0.4) is 0 Å². The van der Waals surface area contributed by atoms with E-state index in [-0.39, 0.29) is 17.2 Å². The van der Waals surface area contributed by atoms with Crippen molar-refractivity contribution in [2.45, 2.75) is 6.92 Å². The van der Waals surface area contributed by atoms with Gasteiger partial charge in [-0.25, -0.2) is 8.78 Å². The van der Waals surface area contributed by atoms with Crippen molar-refractivity contribution in [2.75, 3.05) is 0 Å². The Bertz CT molecular complexity index is 1220. The summed E-state index contributed by atoms with van der Waals surface area (Å²) in [6.45, 7) is 1.78. The first kappa shape index (κ1) is 17.6. The van der Waals surface area contributed by atoms with Crippen molar-refractivity contribution in [1.29, 1.82) is 0 Å². The normalized spacial score (nSPS) is 11.0. The van der Waals surface area contributed by atoms with Crippen molar-refractivity contribution < 1.29 is 23.0 Å². The van der Waals surface area contributed by atoms with E-state index in [0.717, 1.165) is 17.5 Å². The van der Waals surface area contributed by atoms with Gasteiger partial charge in [0.15, 0.2) is 17.2 Å². The summed E-state index contributed by atoms with van der Waals surface area (Å²) in [4.78, 5) is 10.7. The van der Waals surface area contributed by atoms with Gasteiger partial charge in [-0.05, 0) is 42.8 Å². The van der Waals surface area contributed by atoms with Crippen LogP contribution in [0.2, 0.25) is 0 Å². The van der Waals surface area contributed by atoms with Crippen molar-refractivity contribution in [3.63, 3.8) is 0 Å². The highest BCUT2D eigenvalue weighted by molar-refractivity contribution is 5.86. The first-order chi connectivity index (χ1) is 13.4. The minimum atomic E-state index is -1.05. The van der Waals surface area contributed by atoms with Gasteiger partial charge < -0.3 is 9.26 Å². The van der Waals surface area contributed by atoms with E-state index in [1.165, 1.54) is 24.3 Å². The molecule has 0 bridgehead atoms. The number of hydrogen-bond acceptors (Lipinski definition) is 5. The van der Waals surface area contributed by atoms with Crippen LogP contribution in [0.4, 0.5) is 14.5 Å². The minimum Gasteiger partial charge on any atom is -0.457 e. The lowest BCUT2D eigenvalue weighted by atomic mass is 10.0. The first-order valence-corrected chi connectivity index (χ1v) is 8.20. The Morgan fingerprint density at radius 2 is 1.86 bits per heavy atom. The molecule has 1 aromatic heterocycles. The molecule has 140 valence electrons. The molecule has 8 heteroatoms. The average molecular weight is 382 g/mol. The molecule has 4 aromatic rings. The summed E-state index contributed by atoms with van der Waals surface area (Å²) in [7, 11) is 0. The maximum atomic E-state index is 13.5. The summed E-state index contributed by atoms with van der Waals surface area (Å²) in [6.07, 6.45) is 0. The van der Waals surface area contributed by atoms with Crippen LogP contribution >= 0.6 is 0 Å². The predicted octanol–water partition coefficient (Wildman–Crippen LogP) is 5.78. The molecule has 0 spiro atoms. The number of rotatable bonds is 4. The minimum absolute atomic E-state index is 0.0660. The SMILES string of the molecule is Cc1noc2ccc(-c3cc([N+](=O)[O-])ccc3Oc3ccc(F)c(F)c3)cc12. The van der Waals surface area contributed by atoms with Crippen LogP contribution < -0.4 is 4.74 Å². The highest BCUT2D eigenvalue weighted by Gasteiger charge is 2.16. The zero-order valence-corrected chi connectivity index (χ0v) is 14.5. The molecule has 0 saturated heterocycles. The first-order valence-electron chi connectivity index (χ1n) is 8.20. The monoisotopic (exact) mass is 382 g/mol. The van der Waals surface area contributed by atoms with E-state index in [1.54, 1.807) is 25.1 Å². The van der Waals surface area contributed by atoms with Crippen LogP contribution in [-0.2, 0) is 0 Å². The molecule has 4 rings (SSSR count). The molecular formula is C20H12F2N2O4. The van der Waals surface area contributed by atoms with Crippen LogP contribution in [-0.4, -0.2) is 10.1 Å². The number of benzene rings is 3. The Morgan fingerprint density at radius 1 is 1.04 bits per heavy atom. The van der Waals surface area contributed by atoms with Crippen LogP contribution in [0.5, 0.6) is 11.5 Å². The molecule has 28 heavy (non-hydrogen) atoms. The maximum Gasteiger partial charge on any atom is 0.270 e. The second-order valence-electron chi connectivity index (χ2n) is 6.09. The molecule has 0 aliphatic carbocycles. The zero-order valence-electron chi connectivity index (χ0n) is 14.5. The van der Waals surface area contributed by atoms with Gasteiger partial charge in [-0.15, -0.1) is 0 Å². The fourth-order valence-corrected chi connectivity index (χ4v) is 2.84. The molecule has 0 unspecified atom stereocenters. The molecule has 0 fully saturated rings. The fraction of sp³-hybridized carbons (Fsp3) is 0.0500.